The molecule has 0 radical (unpaired) electrons. The van der Waals surface area contributed by atoms with Gasteiger partial charge in [0.1, 0.15) is 5.75 Å². The maximum absolute atomic E-state index is 9.51. The van der Waals surface area contributed by atoms with Crippen molar-refractivity contribution in [3.63, 3.8) is 0 Å². The first-order valence-electron chi connectivity index (χ1n) is 8.22. The standard InChI is InChI=1S/C20H18N4O/c1-2-18-19(11-12-21)24(16-7-9-17(25)10-8-16)23-20(18)15-5-3-14(13-22)4-6-15/h3-10,18-19,25H,2,11H2,1H3/t18-,19-/m0/s1. The van der Waals surface area contributed by atoms with Crippen LogP contribution in [-0.4, -0.2) is 16.9 Å². The number of anilines is 1. The van der Waals surface area contributed by atoms with Gasteiger partial charge in [-0.3, -0.25) is 5.01 Å². The van der Waals surface area contributed by atoms with E-state index in [1.807, 2.05) is 17.1 Å². The molecule has 0 amide bonds. The van der Waals surface area contributed by atoms with Crippen LogP contribution in [-0.2, 0) is 0 Å². The van der Waals surface area contributed by atoms with Gasteiger partial charge in [-0.1, -0.05) is 19.1 Å². The molecule has 5 nitrogen and oxygen atoms in total. The predicted molar refractivity (Wildman–Crippen MR) is 96.1 cm³/mol. The highest BCUT2D eigenvalue weighted by atomic mass is 16.3. The van der Waals surface area contributed by atoms with E-state index >= 15 is 0 Å². The zero-order valence-electron chi connectivity index (χ0n) is 13.9. The summed E-state index contributed by atoms with van der Waals surface area (Å²) in [5.41, 5.74) is 3.36. The highest BCUT2D eigenvalue weighted by Crippen LogP contribution is 2.34. The number of hydrogen-bond acceptors (Lipinski definition) is 5. The average Bonchev–Trinajstić information content (AvgIpc) is 3.01. The fourth-order valence-electron chi connectivity index (χ4n) is 3.25. The molecule has 2 aromatic rings. The lowest BCUT2D eigenvalue weighted by atomic mass is 9.87. The van der Waals surface area contributed by atoms with Gasteiger partial charge in [-0.05, 0) is 48.4 Å². The third kappa shape index (κ3) is 3.18. The summed E-state index contributed by atoms with van der Waals surface area (Å²) in [6, 6.07) is 18.6. The molecule has 0 unspecified atom stereocenters. The van der Waals surface area contributed by atoms with Gasteiger partial charge in [0, 0.05) is 5.92 Å². The molecule has 0 spiro atoms. The first-order chi connectivity index (χ1) is 12.2. The van der Waals surface area contributed by atoms with Crippen LogP contribution in [0.3, 0.4) is 0 Å². The topological polar surface area (TPSA) is 83.4 Å². The van der Waals surface area contributed by atoms with Crippen molar-refractivity contribution in [2.75, 3.05) is 5.01 Å². The molecular weight excluding hydrogens is 312 g/mol. The molecule has 0 bridgehead atoms. The molecule has 0 fully saturated rings. The van der Waals surface area contributed by atoms with Gasteiger partial charge in [0.2, 0.25) is 0 Å². The lowest BCUT2D eigenvalue weighted by Crippen LogP contribution is -2.33. The number of phenolic OH excluding ortho intramolecular Hbond substituents is 1. The summed E-state index contributed by atoms with van der Waals surface area (Å²) in [7, 11) is 0. The summed E-state index contributed by atoms with van der Waals surface area (Å²) < 4.78 is 0. The van der Waals surface area contributed by atoms with E-state index in [1.165, 1.54) is 0 Å². The summed E-state index contributed by atoms with van der Waals surface area (Å²) in [4.78, 5) is 0. The molecule has 1 aliphatic rings. The van der Waals surface area contributed by atoms with Crippen molar-refractivity contribution in [1.29, 1.82) is 10.5 Å². The largest absolute Gasteiger partial charge is 0.508 e. The Bertz CT molecular complexity index is 857. The summed E-state index contributed by atoms with van der Waals surface area (Å²) in [5.74, 6) is 0.324. The van der Waals surface area contributed by atoms with Crippen molar-refractivity contribution in [3.05, 3.63) is 59.7 Å². The van der Waals surface area contributed by atoms with Gasteiger partial charge in [-0.15, -0.1) is 0 Å². The normalized spacial score (nSPS) is 19.2. The molecule has 2 atom stereocenters. The van der Waals surface area contributed by atoms with Crippen LogP contribution in [0, 0.1) is 28.6 Å². The van der Waals surface area contributed by atoms with E-state index in [4.69, 9.17) is 10.4 Å². The molecule has 124 valence electrons. The Morgan fingerprint density at radius 1 is 1.08 bits per heavy atom. The summed E-state index contributed by atoms with van der Waals surface area (Å²) in [5, 5.41) is 34.4. The van der Waals surface area contributed by atoms with E-state index in [-0.39, 0.29) is 17.7 Å². The Labute approximate surface area is 147 Å². The Kier molecular flexibility index (Phi) is 4.68. The van der Waals surface area contributed by atoms with Crippen LogP contribution in [0.5, 0.6) is 5.75 Å². The van der Waals surface area contributed by atoms with E-state index in [0.29, 0.717) is 12.0 Å². The maximum atomic E-state index is 9.51. The van der Waals surface area contributed by atoms with E-state index in [1.54, 1.807) is 36.4 Å². The minimum atomic E-state index is -0.0508. The molecule has 5 heteroatoms. The molecule has 0 aliphatic carbocycles. The molecule has 3 rings (SSSR count). The number of nitrogens with zero attached hydrogens (tertiary/aromatic N) is 4. The first-order valence-corrected chi connectivity index (χ1v) is 8.22. The van der Waals surface area contributed by atoms with E-state index in [9.17, 15) is 10.4 Å². The molecular formula is C20H18N4O. The van der Waals surface area contributed by atoms with Crippen molar-refractivity contribution < 1.29 is 5.11 Å². The zero-order valence-corrected chi connectivity index (χ0v) is 13.9. The third-order valence-electron chi connectivity index (χ3n) is 4.51. The Balaban J connectivity index is 2.03. The fourth-order valence-corrected chi connectivity index (χ4v) is 3.25. The minimum absolute atomic E-state index is 0.0508. The second kappa shape index (κ2) is 7.07. The number of nitriles is 2. The van der Waals surface area contributed by atoms with Gasteiger partial charge in [-0.2, -0.15) is 15.6 Å². The molecule has 1 aliphatic heterocycles. The quantitative estimate of drug-likeness (QED) is 0.924. The van der Waals surface area contributed by atoms with E-state index in [2.05, 4.69) is 19.1 Å². The van der Waals surface area contributed by atoms with Crippen molar-refractivity contribution >= 4 is 11.4 Å². The van der Waals surface area contributed by atoms with Crippen LogP contribution in [0.2, 0.25) is 0 Å². The van der Waals surface area contributed by atoms with Crippen LogP contribution < -0.4 is 5.01 Å². The minimum Gasteiger partial charge on any atom is -0.508 e. The van der Waals surface area contributed by atoms with Crippen LogP contribution in [0.25, 0.3) is 0 Å². The first kappa shape index (κ1) is 16.5. The fraction of sp³-hybridized carbons (Fsp3) is 0.250. The highest BCUT2D eigenvalue weighted by Gasteiger charge is 2.37. The number of benzene rings is 2. The van der Waals surface area contributed by atoms with Crippen LogP contribution >= 0.6 is 0 Å². The zero-order chi connectivity index (χ0) is 17.8. The smallest absolute Gasteiger partial charge is 0.115 e. The number of aromatic hydroxyl groups is 1. The highest BCUT2D eigenvalue weighted by molar-refractivity contribution is 6.05. The van der Waals surface area contributed by atoms with Gasteiger partial charge in [0.15, 0.2) is 0 Å². The molecule has 25 heavy (non-hydrogen) atoms. The van der Waals surface area contributed by atoms with Gasteiger partial charge < -0.3 is 5.11 Å². The molecule has 1 N–H and O–H groups in total. The molecule has 0 saturated carbocycles. The van der Waals surface area contributed by atoms with Crippen molar-refractivity contribution in [2.45, 2.75) is 25.8 Å². The van der Waals surface area contributed by atoms with Crippen LogP contribution in [0.4, 0.5) is 5.69 Å². The van der Waals surface area contributed by atoms with Crippen molar-refractivity contribution in [2.24, 2.45) is 11.0 Å². The van der Waals surface area contributed by atoms with Gasteiger partial charge in [-0.25, -0.2) is 0 Å². The molecule has 0 saturated heterocycles. The molecule has 2 aromatic carbocycles. The van der Waals surface area contributed by atoms with Crippen LogP contribution in [0.15, 0.2) is 53.6 Å². The number of phenols is 1. The van der Waals surface area contributed by atoms with E-state index in [0.717, 1.165) is 23.4 Å². The average molecular weight is 330 g/mol. The summed E-state index contributed by atoms with van der Waals surface area (Å²) in [6.45, 7) is 2.09. The molecule has 0 aromatic heterocycles. The van der Waals surface area contributed by atoms with Gasteiger partial charge >= 0.3 is 0 Å². The lowest BCUT2D eigenvalue weighted by molar-refractivity contribution is 0.475. The number of hydrazone groups is 1. The monoisotopic (exact) mass is 330 g/mol. The SMILES string of the molecule is CC[C@@H]1C(c2ccc(C#N)cc2)=NN(c2ccc(O)cc2)[C@H]1CC#N. The van der Waals surface area contributed by atoms with Gasteiger partial charge in [0.05, 0.1) is 41.6 Å². The van der Waals surface area contributed by atoms with Crippen molar-refractivity contribution in [3.8, 4) is 17.9 Å². The Morgan fingerprint density at radius 3 is 2.32 bits per heavy atom. The van der Waals surface area contributed by atoms with E-state index < -0.39 is 0 Å². The summed E-state index contributed by atoms with van der Waals surface area (Å²) in [6.07, 6.45) is 1.22. The van der Waals surface area contributed by atoms with Crippen molar-refractivity contribution in [1.82, 2.24) is 0 Å². The predicted octanol–water partition coefficient (Wildman–Crippen LogP) is 3.80. The molecule has 1 heterocycles. The van der Waals surface area contributed by atoms with Gasteiger partial charge in [0.25, 0.3) is 0 Å². The second-order valence-electron chi connectivity index (χ2n) is 5.98. The second-order valence-corrected chi connectivity index (χ2v) is 5.98. The Hall–Kier alpha value is -3.31. The van der Waals surface area contributed by atoms with Crippen LogP contribution in [0.1, 0.15) is 30.9 Å². The maximum Gasteiger partial charge on any atom is 0.115 e. The summed E-state index contributed by atoms with van der Waals surface area (Å²) >= 11 is 0. The lowest BCUT2D eigenvalue weighted by Gasteiger charge is -2.25. The third-order valence-corrected chi connectivity index (χ3v) is 4.51. The number of rotatable bonds is 4. The Morgan fingerprint density at radius 2 is 1.76 bits per heavy atom. The number of hydrogen-bond donors (Lipinski definition) is 1.